The molecule has 0 bridgehead atoms. The molecule has 0 spiro atoms. The fourth-order valence-electron chi connectivity index (χ4n) is 3.21. The number of rotatable bonds is 4. The summed E-state index contributed by atoms with van der Waals surface area (Å²) in [4.78, 5) is 3.93. The highest BCUT2D eigenvalue weighted by Gasteiger charge is 2.53. The monoisotopic (exact) mass is 333 g/mol. The van der Waals surface area contributed by atoms with Crippen molar-refractivity contribution in [2.75, 3.05) is 6.61 Å². The van der Waals surface area contributed by atoms with Crippen LogP contribution in [0.15, 0.2) is 42.5 Å². The summed E-state index contributed by atoms with van der Waals surface area (Å²) in [6.45, 7) is 2.09. The molecule has 1 heterocycles. The maximum atomic E-state index is 11.4. The normalized spacial score (nSPS) is 29.3. The molecule has 1 aliphatic carbocycles. The highest BCUT2D eigenvalue weighted by molar-refractivity contribution is 6.30. The second kappa shape index (κ2) is 6.07. The van der Waals surface area contributed by atoms with Crippen molar-refractivity contribution >= 4 is 17.7 Å². The van der Waals surface area contributed by atoms with Crippen LogP contribution in [0.3, 0.4) is 0 Å². The minimum atomic E-state index is -1.17. The van der Waals surface area contributed by atoms with Crippen molar-refractivity contribution in [1.82, 2.24) is 14.8 Å². The van der Waals surface area contributed by atoms with Gasteiger partial charge in [0.25, 0.3) is 0 Å². The first-order valence-electron chi connectivity index (χ1n) is 7.59. The van der Waals surface area contributed by atoms with Gasteiger partial charge in [-0.1, -0.05) is 36.7 Å². The van der Waals surface area contributed by atoms with Crippen molar-refractivity contribution in [2.45, 2.75) is 31.9 Å². The largest absolute Gasteiger partial charge is 0.396 e. The molecule has 2 atom stereocenters. The van der Waals surface area contributed by atoms with Gasteiger partial charge in [-0.2, -0.15) is 5.10 Å². The van der Waals surface area contributed by atoms with Gasteiger partial charge in [-0.05, 0) is 36.1 Å². The maximum absolute atomic E-state index is 11.4. The molecule has 122 valence electrons. The van der Waals surface area contributed by atoms with Crippen LogP contribution in [0.25, 0.3) is 6.08 Å². The molecular weight excluding hydrogens is 314 g/mol. The van der Waals surface area contributed by atoms with Crippen molar-refractivity contribution in [3.63, 3.8) is 0 Å². The molecule has 0 amide bonds. The molecule has 23 heavy (non-hydrogen) atoms. The zero-order valence-corrected chi connectivity index (χ0v) is 13.7. The number of halogens is 1. The van der Waals surface area contributed by atoms with Gasteiger partial charge in [0.2, 0.25) is 0 Å². The summed E-state index contributed by atoms with van der Waals surface area (Å²) in [5.41, 5.74) is 0.0854. The molecule has 1 saturated carbocycles. The molecule has 2 aromatic rings. The van der Waals surface area contributed by atoms with Crippen LogP contribution in [0.5, 0.6) is 0 Å². The summed E-state index contributed by atoms with van der Waals surface area (Å²) < 4.78 is 1.61. The van der Waals surface area contributed by atoms with Crippen LogP contribution in [-0.2, 0) is 6.54 Å². The van der Waals surface area contributed by atoms with Crippen LogP contribution >= 0.6 is 11.6 Å². The van der Waals surface area contributed by atoms with E-state index in [0.717, 1.165) is 17.6 Å². The van der Waals surface area contributed by atoms with E-state index < -0.39 is 11.0 Å². The Hall–Kier alpha value is -1.69. The Morgan fingerprint density at radius 3 is 2.70 bits per heavy atom. The molecule has 0 saturated heterocycles. The summed E-state index contributed by atoms with van der Waals surface area (Å²) in [7, 11) is 0. The molecular formula is C17H20ClN3O2. The second-order valence-electron chi connectivity index (χ2n) is 6.39. The van der Waals surface area contributed by atoms with Crippen molar-refractivity contribution < 1.29 is 10.2 Å². The molecule has 3 rings (SSSR count). The fraction of sp³-hybridized carbons (Fsp3) is 0.412. The number of hydrogen-bond acceptors (Lipinski definition) is 4. The third-order valence-electron chi connectivity index (χ3n) is 4.89. The van der Waals surface area contributed by atoms with Crippen LogP contribution in [0.1, 0.15) is 25.3 Å². The van der Waals surface area contributed by atoms with Crippen LogP contribution in [0.4, 0.5) is 0 Å². The highest BCUT2D eigenvalue weighted by Crippen LogP contribution is 2.50. The van der Waals surface area contributed by atoms with Gasteiger partial charge in [0.15, 0.2) is 0 Å². The number of aromatic nitrogens is 3. The van der Waals surface area contributed by atoms with E-state index in [0.29, 0.717) is 11.4 Å². The van der Waals surface area contributed by atoms with Crippen molar-refractivity contribution in [3.8, 4) is 0 Å². The summed E-state index contributed by atoms with van der Waals surface area (Å²) >= 11 is 5.93. The van der Waals surface area contributed by atoms with Crippen molar-refractivity contribution in [2.24, 2.45) is 5.41 Å². The molecule has 1 fully saturated rings. The average molecular weight is 334 g/mol. The number of nitrogens with zero attached hydrogens (tertiary/aromatic N) is 3. The van der Waals surface area contributed by atoms with Gasteiger partial charge < -0.3 is 10.2 Å². The Morgan fingerprint density at radius 2 is 2.09 bits per heavy atom. The van der Waals surface area contributed by atoms with Crippen LogP contribution in [0, 0.1) is 5.41 Å². The summed E-state index contributed by atoms with van der Waals surface area (Å²) in [6, 6.07) is 7.48. The zero-order valence-electron chi connectivity index (χ0n) is 13.0. The zero-order chi connectivity index (χ0) is 16.5. The fourth-order valence-corrected chi connectivity index (χ4v) is 3.34. The number of hydrogen-bond donors (Lipinski definition) is 2. The molecule has 5 nitrogen and oxygen atoms in total. The predicted molar refractivity (Wildman–Crippen MR) is 88.8 cm³/mol. The van der Waals surface area contributed by atoms with Gasteiger partial charge >= 0.3 is 0 Å². The van der Waals surface area contributed by atoms with Crippen LogP contribution in [0.2, 0.25) is 5.02 Å². The van der Waals surface area contributed by atoms with E-state index in [9.17, 15) is 10.2 Å². The maximum Gasteiger partial charge on any atom is 0.137 e. The predicted octanol–water partition coefficient (Wildman–Crippen LogP) is 2.54. The van der Waals surface area contributed by atoms with Gasteiger partial charge in [-0.25, -0.2) is 9.67 Å². The van der Waals surface area contributed by atoms with E-state index in [2.05, 4.69) is 10.1 Å². The van der Waals surface area contributed by atoms with Gasteiger partial charge in [0, 0.05) is 10.4 Å². The van der Waals surface area contributed by atoms with Crippen LogP contribution < -0.4 is 0 Å². The first kappa shape index (κ1) is 16.2. The highest BCUT2D eigenvalue weighted by atomic mass is 35.5. The summed E-state index contributed by atoms with van der Waals surface area (Å²) in [6.07, 6.45) is 6.44. The molecule has 6 heteroatoms. The number of aliphatic hydroxyl groups is 2. The molecule has 0 radical (unpaired) electrons. The molecule has 2 N–H and O–H groups in total. The quantitative estimate of drug-likeness (QED) is 0.902. The number of aliphatic hydroxyl groups excluding tert-OH is 1. The Morgan fingerprint density at radius 1 is 1.35 bits per heavy atom. The smallest absolute Gasteiger partial charge is 0.137 e. The van der Waals surface area contributed by atoms with E-state index in [4.69, 9.17) is 11.6 Å². The molecule has 1 aromatic heterocycles. The average Bonchev–Trinajstić information content (AvgIpc) is 3.12. The minimum absolute atomic E-state index is 0.0871. The van der Waals surface area contributed by atoms with Crippen LogP contribution in [-0.4, -0.2) is 37.2 Å². The Balaban J connectivity index is 1.99. The lowest BCUT2D eigenvalue weighted by molar-refractivity contribution is -0.0664. The molecule has 1 aromatic carbocycles. The Labute approximate surface area is 140 Å². The third-order valence-corrected chi connectivity index (χ3v) is 5.15. The lowest BCUT2D eigenvalue weighted by Crippen LogP contribution is -2.48. The lowest BCUT2D eigenvalue weighted by atomic mass is 9.74. The third kappa shape index (κ3) is 2.92. The van der Waals surface area contributed by atoms with E-state index in [1.54, 1.807) is 11.0 Å². The first-order chi connectivity index (χ1) is 11.0. The van der Waals surface area contributed by atoms with E-state index >= 15 is 0 Å². The van der Waals surface area contributed by atoms with Gasteiger partial charge in [0.1, 0.15) is 18.3 Å². The summed E-state index contributed by atoms with van der Waals surface area (Å²) in [5, 5.41) is 26.0. The van der Waals surface area contributed by atoms with E-state index in [-0.39, 0.29) is 13.2 Å². The second-order valence-corrected chi connectivity index (χ2v) is 6.83. The Kier molecular flexibility index (Phi) is 4.27. The van der Waals surface area contributed by atoms with Gasteiger partial charge in [0.05, 0.1) is 13.2 Å². The van der Waals surface area contributed by atoms with E-state index in [1.807, 2.05) is 37.3 Å². The molecule has 1 aliphatic rings. The van der Waals surface area contributed by atoms with Crippen molar-refractivity contribution in [1.29, 1.82) is 0 Å². The van der Waals surface area contributed by atoms with Crippen molar-refractivity contribution in [3.05, 3.63) is 53.1 Å². The lowest BCUT2D eigenvalue weighted by Gasteiger charge is -2.39. The Bertz CT molecular complexity index is 699. The SMILES string of the molecule is C[C@]1(CO)CCC(=Cc2ccc(Cl)cc2)[C@@]1(O)Cn1cncn1. The van der Waals surface area contributed by atoms with E-state index in [1.165, 1.54) is 6.33 Å². The molecule has 0 aliphatic heterocycles. The number of benzene rings is 1. The topological polar surface area (TPSA) is 71.2 Å². The minimum Gasteiger partial charge on any atom is -0.396 e. The summed E-state index contributed by atoms with van der Waals surface area (Å²) in [5.74, 6) is 0. The molecule has 0 unspecified atom stereocenters. The first-order valence-corrected chi connectivity index (χ1v) is 7.97. The standard InChI is InChI=1S/C17H20ClN3O2/c1-16(10-22)7-6-14(8-13-2-4-15(18)5-3-13)17(16,23)9-21-12-19-11-20-21/h2-5,8,11-12,22-23H,6-7,9-10H2,1H3/t16-,17+/m1/s1. The van der Waals surface area contributed by atoms with Gasteiger partial charge in [-0.15, -0.1) is 0 Å². The van der Waals surface area contributed by atoms with Gasteiger partial charge in [-0.3, -0.25) is 0 Å².